The van der Waals surface area contributed by atoms with Crippen LogP contribution in [0.1, 0.15) is 24.8 Å². The number of tetrazole rings is 1. The number of likely N-dealkylation sites (tertiary alicyclic amines) is 1. The Morgan fingerprint density at radius 2 is 2.14 bits per heavy atom. The summed E-state index contributed by atoms with van der Waals surface area (Å²) < 4.78 is 1.69. The quantitative estimate of drug-likeness (QED) is 0.924. The summed E-state index contributed by atoms with van der Waals surface area (Å²) in [4.78, 5) is 2.62. The van der Waals surface area contributed by atoms with Gasteiger partial charge in [0.1, 0.15) is 6.33 Å². The molecule has 0 amide bonds. The van der Waals surface area contributed by atoms with Crippen LogP contribution >= 0.6 is 0 Å². The second-order valence-electron chi connectivity index (χ2n) is 6.11. The lowest BCUT2D eigenvalue weighted by molar-refractivity contribution is 0.326. The minimum absolute atomic E-state index is 0.549. The van der Waals surface area contributed by atoms with Crippen LogP contribution in [0.2, 0.25) is 0 Å². The van der Waals surface area contributed by atoms with Gasteiger partial charge in [0.15, 0.2) is 0 Å². The molecule has 1 saturated heterocycles. The number of hydrogen-bond donors (Lipinski definition) is 1. The molecule has 2 fully saturated rings. The highest BCUT2D eigenvalue weighted by atomic mass is 15.5. The van der Waals surface area contributed by atoms with E-state index in [-0.39, 0.29) is 0 Å². The Kier molecular flexibility index (Phi) is 3.11. The van der Waals surface area contributed by atoms with Gasteiger partial charge < -0.3 is 5.32 Å². The number of nitrogens with one attached hydrogen (secondary N) is 1. The summed E-state index contributed by atoms with van der Waals surface area (Å²) in [5, 5.41) is 15.0. The summed E-state index contributed by atoms with van der Waals surface area (Å²) in [7, 11) is 0. The van der Waals surface area contributed by atoms with Crippen LogP contribution < -0.4 is 5.32 Å². The van der Waals surface area contributed by atoms with Crippen LogP contribution in [-0.4, -0.2) is 50.3 Å². The average molecular weight is 284 g/mol. The van der Waals surface area contributed by atoms with Gasteiger partial charge in [-0.1, -0.05) is 6.07 Å². The van der Waals surface area contributed by atoms with Crippen molar-refractivity contribution in [2.24, 2.45) is 0 Å². The van der Waals surface area contributed by atoms with Gasteiger partial charge in [0.25, 0.3) is 0 Å². The SMILES string of the molecule is Cc1ccc(-n2cnnn2)cc1NC1CCN(C2CC2)C1. The van der Waals surface area contributed by atoms with E-state index in [2.05, 4.69) is 44.8 Å². The maximum absolute atomic E-state index is 3.95. The first-order chi connectivity index (χ1) is 10.3. The van der Waals surface area contributed by atoms with E-state index < -0.39 is 0 Å². The van der Waals surface area contributed by atoms with E-state index in [1.54, 1.807) is 11.0 Å². The molecule has 6 heteroatoms. The van der Waals surface area contributed by atoms with E-state index >= 15 is 0 Å². The van der Waals surface area contributed by atoms with Crippen molar-refractivity contribution in [3.8, 4) is 5.69 Å². The molecular formula is C15H20N6. The first kappa shape index (κ1) is 12.8. The largest absolute Gasteiger partial charge is 0.381 e. The van der Waals surface area contributed by atoms with Gasteiger partial charge in [-0.25, -0.2) is 4.68 Å². The van der Waals surface area contributed by atoms with E-state index in [0.29, 0.717) is 6.04 Å². The fourth-order valence-corrected chi connectivity index (χ4v) is 3.08. The normalized spacial score (nSPS) is 22.6. The molecule has 1 saturated carbocycles. The molecule has 0 radical (unpaired) electrons. The van der Waals surface area contributed by atoms with E-state index in [4.69, 9.17) is 0 Å². The van der Waals surface area contributed by atoms with Gasteiger partial charge in [-0.2, -0.15) is 0 Å². The molecule has 6 nitrogen and oxygen atoms in total. The zero-order chi connectivity index (χ0) is 14.2. The molecule has 21 heavy (non-hydrogen) atoms. The Bertz CT molecular complexity index is 619. The summed E-state index contributed by atoms with van der Waals surface area (Å²) in [5.41, 5.74) is 3.44. The standard InChI is InChI=1S/C15H20N6/c1-11-2-3-14(21-10-16-18-19-21)8-15(11)17-12-6-7-20(9-12)13-4-5-13/h2-3,8,10,12-13,17H,4-7,9H2,1H3. The molecule has 2 heterocycles. The van der Waals surface area contributed by atoms with Crippen LogP contribution in [0.15, 0.2) is 24.5 Å². The molecule has 4 rings (SSSR count). The van der Waals surface area contributed by atoms with Crippen LogP contribution in [-0.2, 0) is 0 Å². The second kappa shape index (κ2) is 5.11. The molecule has 1 N–H and O–H groups in total. The van der Waals surface area contributed by atoms with Crippen LogP contribution in [0.25, 0.3) is 5.69 Å². The molecule has 0 spiro atoms. The highest BCUT2D eigenvalue weighted by Crippen LogP contribution is 2.31. The number of aromatic nitrogens is 4. The summed E-state index contributed by atoms with van der Waals surface area (Å²) in [5.74, 6) is 0. The molecule has 1 aromatic heterocycles. The van der Waals surface area contributed by atoms with Crippen LogP contribution in [0, 0.1) is 6.92 Å². The van der Waals surface area contributed by atoms with Crippen LogP contribution in [0.3, 0.4) is 0 Å². The van der Waals surface area contributed by atoms with Gasteiger partial charge in [0.2, 0.25) is 0 Å². The molecule has 1 atom stereocenters. The van der Waals surface area contributed by atoms with Crippen molar-refractivity contribution >= 4 is 5.69 Å². The number of aryl methyl sites for hydroxylation is 1. The van der Waals surface area contributed by atoms with Gasteiger partial charge >= 0.3 is 0 Å². The van der Waals surface area contributed by atoms with Crippen LogP contribution in [0.5, 0.6) is 0 Å². The van der Waals surface area contributed by atoms with Gasteiger partial charge in [-0.3, -0.25) is 4.90 Å². The van der Waals surface area contributed by atoms with Crippen molar-refractivity contribution in [2.75, 3.05) is 18.4 Å². The Balaban J connectivity index is 1.50. The maximum atomic E-state index is 3.95. The van der Waals surface area contributed by atoms with Crippen molar-refractivity contribution in [1.29, 1.82) is 0 Å². The Hall–Kier alpha value is -1.95. The number of hydrogen-bond acceptors (Lipinski definition) is 5. The molecule has 1 aromatic carbocycles. The fourth-order valence-electron chi connectivity index (χ4n) is 3.08. The molecule has 1 unspecified atom stereocenters. The van der Waals surface area contributed by atoms with Crippen molar-refractivity contribution in [1.82, 2.24) is 25.1 Å². The van der Waals surface area contributed by atoms with Gasteiger partial charge in [0, 0.05) is 30.9 Å². The van der Waals surface area contributed by atoms with E-state index in [1.165, 1.54) is 43.6 Å². The molecule has 2 aliphatic rings. The predicted molar refractivity (Wildman–Crippen MR) is 80.5 cm³/mol. The highest BCUT2D eigenvalue weighted by Gasteiger charge is 2.34. The number of nitrogens with zero attached hydrogens (tertiary/aromatic N) is 5. The van der Waals surface area contributed by atoms with Crippen molar-refractivity contribution < 1.29 is 0 Å². The minimum atomic E-state index is 0.549. The first-order valence-corrected chi connectivity index (χ1v) is 7.64. The lowest BCUT2D eigenvalue weighted by atomic mass is 10.1. The highest BCUT2D eigenvalue weighted by molar-refractivity contribution is 5.57. The van der Waals surface area contributed by atoms with Crippen molar-refractivity contribution in [3.05, 3.63) is 30.1 Å². The maximum Gasteiger partial charge on any atom is 0.143 e. The fraction of sp³-hybridized carbons (Fsp3) is 0.533. The topological polar surface area (TPSA) is 58.9 Å². The van der Waals surface area contributed by atoms with Crippen molar-refractivity contribution in [3.63, 3.8) is 0 Å². The Labute approximate surface area is 124 Å². The third-order valence-electron chi connectivity index (χ3n) is 4.48. The van der Waals surface area contributed by atoms with Crippen LogP contribution in [0.4, 0.5) is 5.69 Å². The molecule has 2 aromatic rings. The molecule has 110 valence electrons. The van der Waals surface area contributed by atoms with E-state index in [9.17, 15) is 0 Å². The monoisotopic (exact) mass is 284 g/mol. The first-order valence-electron chi connectivity index (χ1n) is 7.64. The lowest BCUT2D eigenvalue weighted by Gasteiger charge is -2.18. The molecule has 0 bridgehead atoms. The number of anilines is 1. The third kappa shape index (κ3) is 2.63. The van der Waals surface area contributed by atoms with Gasteiger partial charge in [-0.15, -0.1) is 5.10 Å². The molecule has 1 aliphatic carbocycles. The Morgan fingerprint density at radius 1 is 1.24 bits per heavy atom. The summed E-state index contributed by atoms with van der Waals surface area (Å²) >= 11 is 0. The van der Waals surface area contributed by atoms with Crippen molar-refractivity contribution in [2.45, 2.75) is 38.3 Å². The van der Waals surface area contributed by atoms with Gasteiger partial charge in [-0.05, 0) is 54.3 Å². The molecular weight excluding hydrogens is 264 g/mol. The Morgan fingerprint density at radius 3 is 2.90 bits per heavy atom. The average Bonchev–Trinajstić information content (AvgIpc) is 3.01. The minimum Gasteiger partial charge on any atom is -0.381 e. The zero-order valence-electron chi connectivity index (χ0n) is 12.2. The van der Waals surface area contributed by atoms with E-state index in [0.717, 1.165) is 11.7 Å². The second-order valence-corrected chi connectivity index (χ2v) is 6.11. The summed E-state index contributed by atoms with van der Waals surface area (Å²) in [6, 6.07) is 7.71. The number of rotatable bonds is 4. The number of benzene rings is 1. The summed E-state index contributed by atoms with van der Waals surface area (Å²) in [6.07, 6.45) is 5.63. The smallest absolute Gasteiger partial charge is 0.143 e. The summed E-state index contributed by atoms with van der Waals surface area (Å²) in [6.45, 7) is 4.53. The zero-order valence-corrected chi connectivity index (χ0v) is 12.2. The third-order valence-corrected chi connectivity index (χ3v) is 4.48. The van der Waals surface area contributed by atoms with E-state index in [1.807, 2.05) is 6.07 Å². The predicted octanol–water partition coefficient (Wildman–Crippen LogP) is 1.62. The molecule has 1 aliphatic heterocycles. The van der Waals surface area contributed by atoms with Gasteiger partial charge in [0.05, 0.1) is 5.69 Å². The lowest BCUT2D eigenvalue weighted by Crippen LogP contribution is -2.27.